The highest BCUT2D eigenvalue weighted by Crippen LogP contribution is 2.52. The Kier molecular flexibility index (Phi) is 6.07. The zero-order valence-corrected chi connectivity index (χ0v) is 19.8. The largest absolute Gasteiger partial charge is 0.507 e. The zero-order valence-electron chi connectivity index (χ0n) is 19.8. The number of aromatic hydroxyl groups is 2. The van der Waals surface area contributed by atoms with Gasteiger partial charge in [0.25, 0.3) is 0 Å². The molecule has 0 amide bonds. The lowest BCUT2D eigenvalue weighted by Gasteiger charge is -2.40. The van der Waals surface area contributed by atoms with E-state index in [0.29, 0.717) is 12.1 Å². The normalized spacial score (nSPS) is 17.5. The van der Waals surface area contributed by atoms with Gasteiger partial charge in [0, 0.05) is 17.7 Å². The summed E-state index contributed by atoms with van der Waals surface area (Å²) in [6.45, 7) is 3.29. The molecule has 0 saturated carbocycles. The number of carbonyl (C=O) groups is 2. The summed E-state index contributed by atoms with van der Waals surface area (Å²) in [6, 6.07) is 19.0. The van der Waals surface area contributed by atoms with E-state index < -0.39 is 17.1 Å². The molecule has 0 atom stereocenters. The molecule has 3 aromatic carbocycles. The van der Waals surface area contributed by atoms with Crippen molar-refractivity contribution >= 4 is 11.6 Å². The first-order chi connectivity index (χ1) is 16.9. The van der Waals surface area contributed by atoms with Gasteiger partial charge in [-0.1, -0.05) is 67.1 Å². The van der Waals surface area contributed by atoms with Gasteiger partial charge >= 0.3 is 0 Å². The first kappa shape index (κ1) is 23.1. The molecule has 3 aromatic rings. The summed E-state index contributed by atoms with van der Waals surface area (Å²) in [5.74, 6) is -1.51. The Bertz CT molecular complexity index is 1220. The van der Waals surface area contributed by atoms with E-state index in [1.54, 1.807) is 0 Å². The topological polar surface area (TPSA) is 87.1 Å². The van der Waals surface area contributed by atoms with Gasteiger partial charge in [-0.25, -0.2) is 0 Å². The lowest BCUT2D eigenvalue weighted by atomic mass is 9.78. The number of Topliss-reactive ketones (excluding diaryl/α,β-unsaturated/α-hetero) is 2. The van der Waals surface area contributed by atoms with Crippen LogP contribution in [-0.4, -0.2) is 39.8 Å². The summed E-state index contributed by atoms with van der Waals surface area (Å²) in [5, 5.41) is 22.2. The number of ether oxygens (including phenoxy) is 1. The molecular weight excluding hydrogens is 442 g/mol. The Hall–Kier alpha value is -3.64. The van der Waals surface area contributed by atoms with Crippen molar-refractivity contribution in [3.63, 3.8) is 0 Å². The number of ketones is 2. The van der Waals surface area contributed by atoms with Crippen LogP contribution in [0.1, 0.15) is 70.0 Å². The fourth-order valence-corrected chi connectivity index (χ4v) is 5.37. The van der Waals surface area contributed by atoms with Crippen molar-refractivity contribution in [3.05, 3.63) is 88.5 Å². The van der Waals surface area contributed by atoms with Crippen LogP contribution < -0.4 is 4.74 Å². The summed E-state index contributed by atoms with van der Waals surface area (Å²) in [5.41, 5.74) is 0.573. The van der Waals surface area contributed by atoms with Crippen LogP contribution in [0.15, 0.2) is 60.7 Å². The lowest BCUT2D eigenvalue weighted by Crippen LogP contribution is -2.41. The average Bonchev–Trinajstić information content (AvgIpc) is 2.87. The van der Waals surface area contributed by atoms with Crippen molar-refractivity contribution in [2.45, 2.75) is 44.8 Å². The summed E-state index contributed by atoms with van der Waals surface area (Å²) in [6.07, 6.45) is 3.18. The number of hydrogen-bond acceptors (Lipinski definition) is 6. The maximum Gasteiger partial charge on any atom is 0.175 e. The Labute approximate surface area is 204 Å². The van der Waals surface area contributed by atoms with Crippen LogP contribution in [0.5, 0.6) is 17.2 Å². The van der Waals surface area contributed by atoms with E-state index in [9.17, 15) is 19.8 Å². The molecular formula is C29H29NO5. The SMILES string of the molecule is CC(=O)c1c(O)c(CN2CCCCC2)c2c(c1O)C(=O)CC(c1ccccc1)(c1ccccc1)O2. The minimum absolute atomic E-state index is 0.0255. The number of hydrogen-bond donors (Lipinski definition) is 2. The quantitative estimate of drug-likeness (QED) is 0.498. The second-order valence-corrected chi connectivity index (χ2v) is 9.41. The monoisotopic (exact) mass is 471 g/mol. The van der Waals surface area contributed by atoms with Gasteiger partial charge < -0.3 is 14.9 Å². The summed E-state index contributed by atoms with van der Waals surface area (Å²) < 4.78 is 6.75. The van der Waals surface area contributed by atoms with Crippen LogP contribution in [0.3, 0.4) is 0 Å². The summed E-state index contributed by atoms with van der Waals surface area (Å²) in [7, 11) is 0. The second kappa shape index (κ2) is 9.19. The highest BCUT2D eigenvalue weighted by molar-refractivity contribution is 6.10. The number of piperidine rings is 1. The van der Waals surface area contributed by atoms with E-state index in [1.807, 2.05) is 60.7 Å². The van der Waals surface area contributed by atoms with Crippen LogP contribution in [0, 0.1) is 0 Å². The molecule has 2 heterocycles. The third-order valence-corrected chi connectivity index (χ3v) is 7.12. The molecule has 0 spiro atoms. The Morgan fingerprint density at radius 2 is 1.49 bits per heavy atom. The van der Waals surface area contributed by atoms with Crippen molar-refractivity contribution < 1.29 is 24.5 Å². The third-order valence-electron chi connectivity index (χ3n) is 7.12. The minimum Gasteiger partial charge on any atom is -0.507 e. The predicted octanol–water partition coefficient (Wildman–Crippen LogP) is 5.20. The van der Waals surface area contributed by atoms with Gasteiger partial charge in [0.05, 0.1) is 12.0 Å². The van der Waals surface area contributed by atoms with Crippen LogP contribution in [0.25, 0.3) is 0 Å². The van der Waals surface area contributed by atoms with E-state index in [0.717, 1.165) is 43.5 Å². The van der Waals surface area contributed by atoms with Crippen LogP contribution >= 0.6 is 0 Å². The minimum atomic E-state index is -1.14. The fraction of sp³-hybridized carbons (Fsp3) is 0.310. The Balaban J connectivity index is 1.75. The van der Waals surface area contributed by atoms with E-state index in [2.05, 4.69) is 4.90 Å². The number of likely N-dealkylation sites (tertiary alicyclic amines) is 1. The first-order valence-corrected chi connectivity index (χ1v) is 12.1. The van der Waals surface area contributed by atoms with E-state index in [1.165, 1.54) is 6.92 Å². The molecule has 5 rings (SSSR count). The molecule has 6 nitrogen and oxygen atoms in total. The zero-order chi connectivity index (χ0) is 24.6. The fourth-order valence-electron chi connectivity index (χ4n) is 5.37. The van der Waals surface area contributed by atoms with E-state index in [-0.39, 0.29) is 34.8 Å². The summed E-state index contributed by atoms with van der Waals surface area (Å²) >= 11 is 0. The molecule has 35 heavy (non-hydrogen) atoms. The molecule has 180 valence electrons. The van der Waals surface area contributed by atoms with Gasteiger partial charge in [0.2, 0.25) is 0 Å². The number of benzene rings is 3. The van der Waals surface area contributed by atoms with Crippen LogP contribution in [-0.2, 0) is 12.1 Å². The Morgan fingerprint density at radius 1 is 0.914 bits per heavy atom. The molecule has 0 aliphatic carbocycles. The van der Waals surface area contributed by atoms with Gasteiger partial charge in [-0.05, 0) is 32.9 Å². The van der Waals surface area contributed by atoms with Gasteiger partial charge in [-0.3, -0.25) is 14.5 Å². The molecule has 1 saturated heterocycles. The number of rotatable bonds is 5. The smallest absolute Gasteiger partial charge is 0.175 e. The molecule has 2 aliphatic heterocycles. The maximum atomic E-state index is 13.8. The van der Waals surface area contributed by atoms with E-state index >= 15 is 0 Å². The number of carbonyl (C=O) groups excluding carboxylic acids is 2. The highest BCUT2D eigenvalue weighted by atomic mass is 16.5. The molecule has 1 fully saturated rings. The van der Waals surface area contributed by atoms with Crippen LogP contribution in [0.2, 0.25) is 0 Å². The van der Waals surface area contributed by atoms with Crippen molar-refractivity contribution in [1.82, 2.24) is 4.90 Å². The molecule has 0 bridgehead atoms. The molecule has 0 unspecified atom stereocenters. The van der Waals surface area contributed by atoms with Gasteiger partial charge in [0.1, 0.15) is 28.4 Å². The number of nitrogens with zero attached hydrogens (tertiary/aromatic N) is 1. The van der Waals surface area contributed by atoms with Gasteiger partial charge in [-0.15, -0.1) is 0 Å². The molecule has 0 radical (unpaired) electrons. The van der Waals surface area contributed by atoms with Crippen molar-refractivity contribution in [2.75, 3.05) is 13.1 Å². The third kappa shape index (κ3) is 3.98. The Morgan fingerprint density at radius 3 is 2.03 bits per heavy atom. The highest BCUT2D eigenvalue weighted by Gasteiger charge is 2.47. The second-order valence-electron chi connectivity index (χ2n) is 9.41. The number of fused-ring (bicyclic) bond motifs is 1. The molecule has 2 aliphatic rings. The predicted molar refractivity (Wildman–Crippen MR) is 132 cm³/mol. The summed E-state index contributed by atoms with van der Waals surface area (Å²) in [4.78, 5) is 28.4. The van der Waals surface area contributed by atoms with Gasteiger partial charge in [0.15, 0.2) is 17.2 Å². The lowest BCUT2D eigenvalue weighted by molar-refractivity contribution is 0.0594. The molecule has 0 aromatic heterocycles. The number of phenolic OH excluding ortho intramolecular Hbond substituents is 2. The van der Waals surface area contributed by atoms with E-state index in [4.69, 9.17) is 4.74 Å². The van der Waals surface area contributed by atoms with Gasteiger partial charge in [-0.2, -0.15) is 0 Å². The van der Waals surface area contributed by atoms with Crippen molar-refractivity contribution in [3.8, 4) is 17.2 Å². The standard InChI is InChI=1S/C29H29NO5/c1-19(31)24-26(33)22(18-30-15-9-4-10-16-30)28-25(27(24)34)23(32)17-29(35-28,20-11-5-2-6-12-20)21-13-7-3-8-14-21/h2-3,5-8,11-14,33-34H,4,9-10,15-18H2,1H3. The number of phenols is 2. The first-order valence-electron chi connectivity index (χ1n) is 12.1. The maximum absolute atomic E-state index is 13.8. The van der Waals surface area contributed by atoms with Crippen molar-refractivity contribution in [1.29, 1.82) is 0 Å². The average molecular weight is 472 g/mol. The molecule has 6 heteroatoms. The van der Waals surface area contributed by atoms with Crippen LogP contribution in [0.4, 0.5) is 0 Å². The molecule has 2 N–H and O–H groups in total. The van der Waals surface area contributed by atoms with Crippen molar-refractivity contribution in [2.24, 2.45) is 0 Å².